The molecular weight excluding hydrogens is 880 g/mol. The second kappa shape index (κ2) is 16.4. The van der Waals surface area contributed by atoms with E-state index in [2.05, 4.69) is 21.2 Å². The maximum atomic E-state index is 17.4. The van der Waals surface area contributed by atoms with Crippen molar-refractivity contribution in [2.24, 2.45) is 0 Å². The minimum atomic E-state index is -2.83. The molecule has 300 valence electrons. The van der Waals surface area contributed by atoms with Gasteiger partial charge in [0.15, 0.2) is 17.4 Å². The number of nitrogens with zero attached hydrogens (tertiary/aromatic N) is 3. The Bertz CT molecular complexity index is 2710. The van der Waals surface area contributed by atoms with Crippen molar-refractivity contribution < 1.29 is 32.9 Å². The summed E-state index contributed by atoms with van der Waals surface area (Å²) in [6.45, 7) is 0. The van der Waals surface area contributed by atoms with E-state index in [4.69, 9.17) is 30.4 Å². The molecule has 0 radical (unpaired) electrons. The first kappa shape index (κ1) is 40.0. The predicted molar refractivity (Wildman–Crippen MR) is 229 cm³/mol. The van der Waals surface area contributed by atoms with Gasteiger partial charge in [-0.3, -0.25) is 14.3 Å². The number of H-pyrrole nitrogens is 1. The van der Waals surface area contributed by atoms with Gasteiger partial charge in [0, 0.05) is 0 Å². The first-order chi connectivity index (χ1) is 29.2. The van der Waals surface area contributed by atoms with E-state index in [1.54, 1.807) is 66.1 Å². The number of aromatic nitrogens is 4. The molecule has 0 amide bonds. The molecule has 12 nitrogen and oxygen atoms in total. The van der Waals surface area contributed by atoms with Crippen molar-refractivity contribution in [3.8, 4) is 18.1 Å². The lowest BCUT2D eigenvalue weighted by atomic mass is 9.77. The van der Waals surface area contributed by atoms with Crippen LogP contribution in [0.5, 0.6) is 5.75 Å². The molecule has 14 heteroatoms. The summed E-state index contributed by atoms with van der Waals surface area (Å²) in [7, 11) is 1.58. The van der Waals surface area contributed by atoms with E-state index in [1.807, 2.05) is 84.9 Å². The molecule has 1 fully saturated rings. The Balaban J connectivity index is 1.30. The van der Waals surface area contributed by atoms with Crippen molar-refractivity contribution in [2.75, 3.05) is 16.9 Å². The Morgan fingerprint density at radius 3 is 1.93 bits per heavy atom. The fraction of sp³-hybridized carbons (Fsp3) is 0.152. The van der Waals surface area contributed by atoms with E-state index in [0.717, 1.165) is 16.7 Å². The summed E-state index contributed by atoms with van der Waals surface area (Å²) in [5.74, 6) is -1.67. The van der Waals surface area contributed by atoms with Crippen molar-refractivity contribution in [3.05, 3.63) is 190 Å². The lowest BCUT2D eigenvalue weighted by molar-refractivity contribution is -0.168. The summed E-state index contributed by atoms with van der Waals surface area (Å²) in [6, 6.07) is 42.5. The molecule has 4 atom stereocenters. The summed E-state index contributed by atoms with van der Waals surface area (Å²) in [6.07, 6.45) is 3.65. The van der Waals surface area contributed by atoms with Crippen molar-refractivity contribution in [1.29, 1.82) is 0 Å². The van der Waals surface area contributed by atoms with Gasteiger partial charge in [-0.15, -0.1) is 6.42 Å². The molecule has 7 aromatic rings. The number of methoxy groups -OCH3 is 1. The van der Waals surface area contributed by atoms with Crippen LogP contribution >= 0.6 is 22.6 Å². The molecule has 2 N–H and O–H groups in total. The fourth-order valence-electron chi connectivity index (χ4n) is 7.41. The molecule has 0 aliphatic carbocycles. The van der Waals surface area contributed by atoms with E-state index in [9.17, 15) is 14.4 Å². The quantitative estimate of drug-likeness (QED) is 0.0413. The normalized spacial score (nSPS) is 19.9. The lowest BCUT2D eigenvalue weighted by Crippen LogP contribution is -2.54. The first-order valence-corrected chi connectivity index (χ1v) is 20.1. The third-order valence-electron chi connectivity index (χ3n) is 10.3. The molecule has 0 unspecified atom stereocenters. The number of imidazole rings is 1. The summed E-state index contributed by atoms with van der Waals surface area (Å²) < 4.78 is 41.8. The highest BCUT2D eigenvalue weighted by Crippen LogP contribution is 2.51. The van der Waals surface area contributed by atoms with Crippen LogP contribution in [-0.4, -0.2) is 60.6 Å². The van der Waals surface area contributed by atoms with Crippen LogP contribution in [0.25, 0.3) is 11.2 Å². The summed E-state index contributed by atoms with van der Waals surface area (Å²) >= 11 is 1.74. The Labute approximate surface area is 356 Å². The number of carbonyl (C=O) groups is 2. The number of ether oxygens (including phenoxy) is 4. The van der Waals surface area contributed by atoms with Gasteiger partial charge in [0.25, 0.3) is 17.0 Å². The van der Waals surface area contributed by atoms with Gasteiger partial charge in [0.2, 0.25) is 12.1 Å². The average molecular weight is 916 g/mol. The van der Waals surface area contributed by atoms with Gasteiger partial charge >= 0.3 is 11.9 Å². The number of terminal acetylenes is 1. The fourth-order valence-corrected chi connectivity index (χ4v) is 7.99. The Kier molecular flexibility index (Phi) is 10.9. The monoisotopic (exact) mass is 915 g/mol. The van der Waals surface area contributed by atoms with Crippen LogP contribution in [-0.2, 0) is 19.7 Å². The number of rotatable bonds is 12. The molecule has 1 aliphatic heterocycles. The minimum Gasteiger partial charge on any atom is -0.497 e. The zero-order valence-corrected chi connectivity index (χ0v) is 34.0. The van der Waals surface area contributed by atoms with Gasteiger partial charge in [-0.05, 0) is 59.0 Å². The van der Waals surface area contributed by atoms with E-state index >= 15 is 4.39 Å². The number of halogens is 2. The summed E-state index contributed by atoms with van der Waals surface area (Å²) in [4.78, 5) is 53.6. The van der Waals surface area contributed by atoms with Crippen molar-refractivity contribution in [3.63, 3.8) is 0 Å². The number of alkyl halides is 2. The minimum absolute atomic E-state index is 0.0178. The number of nitrogens with one attached hydrogen (secondary N) is 2. The van der Waals surface area contributed by atoms with Crippen molar-refractivity contribution in [2.45, 2.75) is 29.3 Å². The number of hydrogen-bond donors (Lipinski definition) is 2. The van der Waals surface area contributed by atoms with Gasteiger partial charge in [-0.2, -0.15) is 4.98 Å². The van der Waals surface area contributed by atoms with Gasteiger partial charge in [-0.25, -0.2) is 19.0 Å². The van der Waals surface area contributed by atoms with Crippen LogP contribution < -0.4 is 15.6 Å². The number of esters is 2. The number of benzene rings is 5. The number of fused-ring (bicyclic) bond motifs is 1. The second-order valence-corrected chi connectivity index (χ2v) is 14.6. The van der Waals surface area contributed by atoms with E-state index < -0.39 is 51.3 Å². The third-order valence-corrected chi connectivity index (χ3v) is 11.3. The van der Waals surface area contributed by atoms with Gasteiger partial charge in [0.1, 0.15) is 11.3 Å². The molecule has 2 aromatic heterocycles. The number of carbonyl (C=O) groups excluding carboxylic acids is 2. The molecule has 8 rings (SSSR count). The van der Waals surface area contributed by atoms with Crippen LogP contribution in [0.1, 0.15) is 43.6 Å². The van der Waals surface area contributed by atoms with Crippen LogP contribution in [0, 0.1) is 12.3 Å². The lowest BCUT2D eigenvalue weighted by Gasteiger charge is -2.37. The first-order valence-electron chi connectivity index (χ1n) is 18.6. The molecule has 0 spiro atoms. The molecule has 0 saturated carbocycles. The van der Waals surface area contributed by atoms with Crippen LogP contribution in [0.15, 0.2) is 157 Å². The smallest absolute Gasteiger partial charge is 0.339 e. The summed E-state index contributed by atoms with van der Waals surface area (Å²) in [5.41, 5.74) is -2.07. The highest BCUT2D eigenvalue weighted by Gasteiger charge is 2.70. The van der Waals surface area contributed by atoms with Crippen molar-refractivity contribution >= 4 is 51.6 Å². The number of anilines is 1. The Hall–Kier alpha value is -6.83. The summed E-state index contributed by atoms with van der Waals surface area (Å²) in [5, 5.41) is 3.53. The number of hydrogen-bond acceptors (Lipinski definition) is 10. The largest absolute Gasteiger partial charge is 0.497 e. The van der Waals surface area contributed by atoms with E-state index in [-0.39, 0.29) is 28.2 Å². The molecule has 5 aromatic carbocycles. The zero-order valence-electron chi connectivity index (χ0n) is 31.8. The molecule has 3 heterocycles. The maximum absolute atomic E-state index is 17.4. The Morgan fingerprint density at radius 2 is 1.40 bits per heavy atom. The average Bonchev–Trinajstić information content (AvgIpc) is 3.83. The van der Waals surface area contributed by atoms with Crippen LogP contribution in [0.3, 0.4) is 0 Å². The highest BCUT2D eigenvalue weighted by atomic mass is 127. The topological polar surface area (TPSA) is 147 Å². The Morgan fingerprint density at radius 1 is 0.867 bits per heavy atom. The standard InChI is InChI=1S/C46H35FIN5O7/c1-3-44(59-40(56)31-18-10-5-11-19-31)41(58-39(55)30-16-8-4-9-17-30)45(47,28-48)60-42(44)53-29-49-36-37(53)50-43(51-38(36)54)52-46(32-20-12-6-13-21-32,33-22-14-7-15-23-33)34-24-26-35(57-2)27-25-34/h1,4-27,29,41-42H,28H2,2H3,(H2,50,51,52,54)/t41-,42+,44+,45+/m0/s1. The van der Waals surface area contributed by atoms with Gasteiger partial charge in [0.05, 0.1) is 29.0 Å². The molecular formula is C46H35FIN5O7. The van der Waals surface area contributed by atoms with Gasteiger partial charge in [-0.1, -0.05) is 132 Å². The highest BCUT2D eigenvalue weighted by molar-refractivity contribution is 14.1. The molecule has 1 saturated heterocycles. The number of aromatic amines is 1. The van der Waals surface area contributed by atoms with Gasteiger partial charge < -0.3 is 24.3 Å². The second-order valence-electron chi connectivity index (χ2n) is 13.8. The molecule has 60 heavy (non-hydrogen) atoms. The van der Waals surface area contributed by atoms with E-state index in [1.165, 1.54) is 35.2 Å². The van der Waals surface area contributed by atoms with Crippen molar-refractivity contribution in [1.82, 2.24) is 19.5 Å². The van der Waals surface area contributed by atoms with Crippen LogP contribution in [0.4, 0.5) is 10.3 Å². The SMILES string of the molecule is C#C[C@]1(OC(=O)c2ccccc2)[C@H](n2cnc3c(=O)[nH]c(NC(c4ccccc4)(c4ccccc4)c4ccc(OC)cc4)nc32)O[C@](F)(CI)[C@H]1OC(=O)c1ccccc1. The zero-order chi connectivity index (χ0) is 41.9. The molecule has 1 aliphatic rings. The maximum Gasteiger partial charge on any atom is 0.339 e. The predicted octanol–water partition coefficient (Wildman–Crippen LogP) is 7.62. The molecule has 0 bridgehead atoms. The van der Waals surface area contributed by atoms with Crippen LogP contribution in [0.2, 0.25) is 0 Å². The van der Waals surface area contributed by atoms with E-state index in [0.29, 0.717) is 5.75 Å². The third kappa shape index (κ3) is 7.05.